The number of likely N-dealkylation sites (tertiary alicyclic amines) is 1. The van der Waals surface area contributed by atoms with Crippen molar-refractivity contribution in [1.82, 2.24) is 10.2 Å². The lowest BCUT2D eigenvalue weighted by Gasteiger charge is -2.36. The summed E-state index contributed by atoms with van der Waals surface area (Å²) in [6.07, 6.45) is 1.36. The van der Waals surface area contributed by atoms with E-state index in [1.807, 2.05) is 38.1 Å². The maximum Gasteiger partial charge on any atom is 0.407 e. The highest BCUT2D eigenvalue weighted by Crippen LogP contribution is 2.44. The first-order valence-electron chi connectivity index (χ1n) is 12.5. The third-order valence-corrected chi connectivity index (χ3v) is 7.38. The van der Waals surface area contributed by atoms with Gasteiger partial charge in [0.25, 0.3) is 0 Å². The van der Waals surface area contributed by atoms with Crippen molar-refractivity contribution in [2.24, 2.45) is 17.8 Å². The summed E-state index contributed by atoms with van der Waals surface area (Å²) in [6, 6.07) is 16.4. The fourth-order valence-corrected chi connectivity index (χ4v) is 5.40. The van der Waals surface area contributed by atoms with Crippen LogP contribution >= 0.6 is 0 Å². The predicted molar refractivity (Wildman–Crippen MR) is 133 cm³/mol. The van der Waals surface area contributed by atoms with Crippen molar-refractivity contribution < 1.29 is 24.2 Å². The molecule has 0 radical (unpaired) electrons. The van der Waals surface area contributed by atoms with Gasteiger partial charge in [0.05, 0.1) is 5.92 Å². The highest BCUT2D eigenvalue weighted by molar-refractivity contribution is 5.80. The van der Waals surface area contributed by atoms with Gasteiger partial charge in [-0.25, -0.2) is 4.79 Å². The van der Waals surface area contributed by atoms with E-state index in [1.54, 1.807) is 4.90 Å². The number of nitrogens with zero attached hydrogens (tertiary/aromatic N) is 1. The molecule has 2 aromatic rings. The Kier molecular flexibility index (Phi) is 7.73. The number of alkyl carbamates (subject to hydrolysis) is 1. The number of carbonyl (C=O) groups excluding carboxylic acids is 2. The van der Waals surface area contributed by atoms with Crippen LogP contribution in [-0.2, 0) is 14.3 Å². The normalized spacial score (nSPS) is 20.0. The molecule has 1 aliphatic carbocycles. The number of piperidine rings is 1. The number of amides is 2. The Hall–Kier alpha value is -3.35. The molecule has 0 bridgehead atoms. The predicted octanol–water partition coefficient (Wildman–Crippen LogP) is 4.51. The standard InChI is InChI=1S/C28H34N2O5/c1-18(26(31)30-15-13-20(27(32)33)19(2)16-30)8-7-14-29-28(34)35-17-25-23-11-5-3-9-21(23)22-10-4-6-12-24(22)25/h3-6,9-12,18-20,25H,7-8,13-17H2,1-2H3,(H,29,34)(H,32,33). The van der Waals surface area contributed by atoms with Crippen molar-refractivity contribution in [2.45, 2.75) is 39.0 Å². The van der Waals surface area contributed by atoms with Crippen molar-refractivity contribution in [2.75, 3.05) is 26.2 Å². The zero-order chi connectivity index (χ0) is 24.9. The van der Waals surface area contributed by atoms with Crippen molar-refractivity contribution in [3.63, 3.8) is 0 Å². The molecule has 2 aliphatic rings. The van der Waals surface area contributed by atoms with E-state index in [0.29, 0.717) is 38.9 Å². The molecule has 7 nitrogen and oxygen atoms in total. The molecule has 1 fully saturated rings. The van der Waals surface area contributed by atoms with Crippen LogP contribution in [0.4, 0.5) is 4.79 Å². The van der Waals surface area contributed by atoms with Gasteiger partial charge in [-0.05, 0) is 47.4 Å². The second kappa shape index (κ2) is 10.9. The molecule has 2 amide bonds. The molecule has 186 valence electrons. The Morgan fingerprint density at radius 2 is 1.71 bits per heavy atom. The number of fused-ring (bicyclic) bond motifs is 3. The fourth-order valence-electron chi connectivity index (χ4n) is 5.40. The van der Waals surface area contributed by atoms with Crippen LogP contribution in [0.15, 0.2) is 48.5 Å². The zero-order valence-electron chi connectivity index (χ0n) is 20.4. The van der Waals surface area contributed by atoms with Crippen LogP contribution in [0.5, 0.6) is 0 Å². The van der Waals surface area contributed by atoms with E-state index in [0.717, 1.165) is 0 Å². The molecule has 2 aromatic carbocycles. The summed E-state index contributed by atoms with van der Waals surface area (Å²) in [5, 5.41) is 12.1. The van der Waals surface area contributed by atoms with E-state index in [-0.39, 0.29) is 36.2 Å². The van der Waals surface area contributed by atoms with Crippen LogP contribution in [0.2, 0.25) is 0 Å². The molecule has 3 unspecified atom stereocenters. The number of aliphatic carboxylic acids is 1. The third-order valence-electron chi connectivity index (χ3n) is 7.38. The molecule has 1 heterocycles. The number of hydrogen-bond donors (Lipinski definition) is 2. The Morgan fingerprint density at radius 1 is 1.09 bits per heavy atom. The molecule has 0 aromatic heterocycles. The number of ether oxygens (including phenoxy) is 1. The van der Waals surface area contributed by atoms with Gasteiger partial charge in [-0.1, -0.05) is 62.4 Å². The molecule has 7 heteroatoms. The minimum absolute atomic E-state index is 0.0263. The topological polar surface area (TPSA) is 95.9 Å². The molecule has 3 atom stereocenters. The molecule has 0 saturated carbocycles. The number of carboxylic acids is 1. The molecule has 4 rings (SSSR count). The van der Waals surface area contributed by atoms with Crippen molar-refractivity contribution in [3.05, 3.63) is 59.7 Å². The molecule has 1 aliphatic heterocycles. The molecular formula is C28H34N2O5. The quantitative estimate of drug-likeness (QED) is 0.544. The SMILES string of the molecule is CC(CCCNC(=O)OCC1c2ccccc2-c2ccccc21)C(=O)N1CCC(C(=O)O)C(C)C1. The first-order chi connectivity index (χ1) is 16.9. The third kappa shape index (κ3) is 5.50. The smallest absolute Gasteiger partial charge is 0.407 e. The molecule has 1 saturated heterocycles. The van der Waals surface area contributed by atoms with Crippen LogP contribution in [-0.4, -0.2) is 54.2 Å². The van der Waals surface area contributed by atoms with E-state index in [2.05, 4.69) is 29.6 Å². The van der Waals surface area contributed by atoms with Gasteiger partial charge in [-0.3, -0.25) is 9.59 Å². The van der Waals surface area contributed by atoms with Gasteiger partial charge in [-0.2, -0.15) is 0 Å². The van der Waals surface area contributed by atoms with Gasteiger partial charge in [0.15, 0.2) is 0 Å². The van der Waals surface area contributed by atoms with E-state index < -0.39 is 12.1 Å². The number of rotatable bonds is 8. The summed E-state index contributed by atoms with van der Waals surface area (Å²) in [4.78, 5) is 38.2. The Bertz CT molecular complexity index is 1040. The summed E-state index contributed by atoms with van der Waals surface area (Å²) in [7, 11) is 0. The van der Waals surface area contributed by atoms with Crippen molar-refractivity contribution in [1.29, 1.82) is 0 Å². The minimum atomic E-state index is -0.781. The molecular weight excluding hydrogens is 444 g/mol. The first kappa shape index (κ1) is 24.8. The number of carbonyl (C=O) groups is 3. The van der Waals surface area contributed by atoms with Gasteiger partial charge in [0, 0.05) is 31.5 Å². The number of benzene rings is 2. The number of nitrogens with one attached hydrogen (secondary N) is 1. The summed E-state index contributed by atoms with van der Waals surface area (Å²) in [5.41, 5.74) is 4.74. The van der Waals surface area contributed by atoms with E-state index in [4.69, 9.17) is 4.74 Å². The summed E-state index contributed by atoms with van der Waals surface area (Å²) >= 11 is 0. The lowest BCUT2D eigenvalue weighted by molar-refractivity contribution is -0.149. The maximum absolute atomic E-state index is 12.8. The monoisotopic (exact) mass is 478 g/mol. The van der Waals surface area contributed by atoms with E-state index >= 15 is 0 Å². The second-order valence-electron chi connectivity index (χ2n) is 9.79. The average Bonchev–Trinajstić information content (AvgIpc) is 3.18. The van der Waals surface area contributed by atoms with E-state index in [9.17, 15) is 19.5 Å². The van der Waals surface area contributed by atoms with Crippen LogP contribution in [0, 0.1) is 17.8 Å². The van der Waals surface area contributed by atoms with Crippen LogP contribution in [0.25, 0.3) is 11.1 Å². The van der Waals surface area contributed by atoms with Gasteiger partial charge in [0.2, 0.25) is 5.91 Å². The Labute approximate surface area is 206 Å². The maximum atomic E-state index is 12.8. The second-order valence-corrected chi connectivity index (χ2v) is 9.79. The molecule has 35 heavy (non-hydrogen) atoms. The average molecular weight is 479 g/mol. The van der Waals surface area contributed by atoms with E-state index in [1.165, 1.54) is 22.3 Å². The van der Waals surface area contributed by atoms with Crippen LogP contribution in [0.1, 0.15) is 50.2 Å². The van der Waals surface area contributed by atoms with Crippen molar-refractivity contribution >= 4 is 18.0 Å². The first-order valence-corrected chi connectivity index (χ1v) is 12.5. The van der Waals surface area contributed by atoms with Gasteiger partial charge >= 0.3 is 12.1 Å². The summed E-state index contributed by atoms with van der Waals surface area (Å²) < 4.78 is 5.56. The summed E-state index contributed by atoms with van der Waals surface area (Å²) in [6.45, 7) is 5.47. The number of hydrogen-bond acceptors (Lipinski definition) is 4. The van der Waals surface area contributed by atoms with Gasteiger partial charge in [0.1, 0.15) is 6.61 Å². The number of carboxylic acid groups (broad SMARTS) is 1. The summed E-state index contributed by atoms with van der Waals surface area (Å²) in [5.74, 6) is -1.30. The zero-order valence-corrected chi connectivity index (χ0v) is 20.4. The van der Waals surface area contributed by atoms with Crippen LogP contribution in [0.3, 0.4) is 0 Å². The Morgan fingerprint density at radius 3 is 2.31 bits per heavy atom. The Balaban J connectivity index is 1.19. The van der Waals surface area contributed by atoms with Gasteiger partial charge in [-0.15, -0.1) is 0 Å². The lowest BCUT2D eigenvalue weighted by atomic mass is 9.86. The minimum Gasteiger partial charge on any atom is -0.481 e. The molecule has 2 N–H and O–H groups in total. The lowest BCUT2D eigenvalue weighted by Crippen LogP contribution is -2.46. The largest absolute Gasteiger partial charge is 0.481 e. The highest BCUT2D eigenvalue weighted by atomic mass is 16.5. The van der Waals surface area contributed by atoms with Gasteiger partial charge < -0.3 is 20.1 Å². The van der Waals surface area contributed by atoms with Crippen LogP contribution < -0.4 is 5.32 Å². The van der Waals surface area contributed by atoms with Crippen molar-refractivity contribution in [3.8, 4) is 11.1 Å². The highest BCUT2D eigenvalue weighted by Gasteiger charge is 2.34. The molecule has 0 spiro atoms. The fraction of sp³-hybridized carbons (Fsp3) is 0.464.